The smallest absolute Gasteiger partial charge is 0.268 e. The van der Waals surface area contributed by atoms with Crippen molar-refractivity contribution in [3.05, 3.63) is 36.5 Å². The molecule has 372 valence electrons. The molecule has 63 heavy (non-hydrogen) atoms. The summed E-state index contributed by atoms with van der Waals surface area (Å²) in [5, 5.41) is 13.7. The molecular weight excluding hydrogens is 804 g/mol. The average molecular weight is 909 g/mol. The molecule has 0 rings (SSSR count). The minimum Gasteiger partial charge on any atom is -0.756 e. The van der Waals surface area contributed by atoms with Gasteiger partial charge < -0.3 is 28.8 Å². The Morgan fingerprint density at radius 2 is 0.921 bits per heavy atom. The number of nitrogens with zero attached hydrogens (tertiary/aromatic N) is 1. The third-order valence-electron chi connectivity index (χ3n) is 12.2. The highest BCUT2D eigenvalue weighted by Crippen LogP contribution is 2.38. The molecule has 0 aromatic heterocycles. The standard InChI is InChI=1S/C54H105N2O6P/c1-6-8-10-12-14-16-17-18-19-20-21-22-23-24-25-26-27-28-29-30-31-32-33-34-35-36-37-38-40-42-44-46-48-54(58)55-52(51-62-63(59,60)61-50-49-56(3,4)5)53(57)47-45-43-41-39-15-13-11-9-7-2/h7,9,15,39,45,47,52-53,57H,6,8,10-14,16-38,40-44,46,48-51H2,1-5H3,(H-,55,58,59,60)/b9-7+,39-15+,47-45+. The van der Waals surface area contributed by atoms with Crippen LogP contribution >= 0.6 is 7.82 Å². The lowest BCUT2D eigenvalue weighted by molar-refractivity contribution is -0.870. The van der Waals surface area contributed by atoms with Crippen molar-refractivity contribution < 1.29 is 32.9 Å². The normalized spacial score (nSPS) is 14.3. The number of amides is 1. The van der Waals surface area contributed by atoms with E-state index < -0.39 is 26.6 Å². The summed E-state index contributed by atoms with van der Waals surface area (Å²) in [6.07, 6.45) is 58.5. The van der Waals surface area contributed by atoms with Crippen molar-refractivity contribution in [1.82, 2.24) is 5.32 Å². The van der Waals surface area contributed by atoms with E-state index in [1.54, 1.807) is 6.08 Å². The Bertz CT molecular complexity index is 1120. The first-order valence-electron chi connectivity index (χ1n) is 26.8. The second kappa shape index (κ2) is 45.9. The van der Waals surface area contributed by atoms with Crippen LogP contribution in [0.1, 0.15) is 251 Å². The third-order valence-corrected chi connectivity index (χ3v) is 13.1. The van der Waals surface area contributed by atoms with Crippen LogP contribution in [0.5, 0.6) is 0 Å². The van der Waals surface area contributed by atoms with Crippen LogP contribution in [0.3, 0.4) is 0 Å². The molecule has 0 saturated heterocycles. The number of aliphatic hydroxyl groups excluding tert-OH is 1. The number of nitrogens with one attached hydrogen (secondary N) is 1. The number of quaternary nitrogens is 1. The van der Waals surface area contributed by atoms with Crippen LogP contribution in [0.15, 0.2) is 36.5 Å². The Hall–Kier alpha value is -1.28. The van der Waals surface area contributed by atoms with Crippen molar-refractivity contribution in [3.63, 3.8) is 0 Å². The van der Waals surface area contributed by atoms with Crippen LogP contribution in [0.25, 0.3) is 0 Å². The van der Waals surface area contributed by atoms with Gasteiger partial charge in [-0.15, -0.1) is 0 Å². The van der Waals surface area contributed by atoms with Gasteiger partial charge in [0.1, 0.15) is 13.2 Å². The lowest BCUT2D eigenvalue weighted by atomic mass is 10.0. The molecular formula is C54H105N2O6P. The molecule has 0 fully saturated rings. The van der Waals surface area contributed by atoms with Gasteiger partial charge in [-0.25, -0.2) is 0 Å². The number of carbonyl (C=O) groups excluding carboxylic acids is 1. The SMILES string of the molecule is C/C=C/CC/C=C/CC/C=C/C(O)C(COP(=O)([O-])OCC[N+](C)(C)C)NC(=O)CCCCCCCCCCCCCCCCCCCCCCCCCCCCCCCCCC. The Kier molecular flexibility index (Phi) is 44.9. The minimum atomic E-state index is -4.59. The number of rotatable bonds is 49. The van der Waals surface area contributed by atoms with Gasteiger partial charge in [-0.05, 0) is 39.0 Å². The molecule has 0 heterocycles. The molecule has 8 nitrogen and oxygen atoms in total. The zero-order chi connectivity index (χ0) is 46.4. The lowest BCUT2D eigenvalue weighted by Gasteiger charge is -2.29. The highest BCUT2D eigenvalue weighted by atomic mass is 31.2. The van der Waals surface area contributed by atoms with Gasteiger partial charge in [-0.3, -0.25) is 9.36 Å². The lowest BCUT2D eigenvalue weighted by Crippen LogP contribution is -2.45. The maximum atomic E-state index is 12.9. The summed E-state index contributed by atoms with van der Waals surface area (Å²) < 4.78 is 23.1. The van der Waals surface area contributed by atoms with Gasteiger partial charge in [-0.2, -0.15) is 0 Å². The van der Waals surface area contributed by atoms with Crippen LogP contribution in [-0.4, -0.2) is 68.5 Å². The maximum Gasteiger partial charge on any atom is 0.268 e. The topological polar surface area (TPSA) is 108 Å². The molecule has 0 aliphatic rings. The summed E-state index contributed by atoms with van der Waals surface area (Å²) in [4.78, 5) is 25.3. The summed E-state index contributed by atoms with van der Waals surface area (Å²) in [5.41, 5.74) is 0. The Morgan fingerprint density at radius 3 is 1.29 bits per heavy atom. The molecule has 3 unspecified atom stereocenters. The van der Waals surface area contributed by atoms with Gasteiger partial charge in [0.2, 0.25) is 5.91 Å². The number of likely N-dealkylation sites (N-methyl/N-ethyl adjacent to an activating group) is 1. The highest BCUT2D eigenvalue weighted by molar-refractivity contribution is 7.45. The van der Waals surface area contributed by atoms with Crippen LogP contribution in [0.4, 0.5) is 0 Å². The number of carbonyl (C=O) groups is 1. The number of allylic oxidation sites excluding steroid dienone is 5. The number of phosphoric ester groups is 1. The van der Waals surface area contributed by atoms with Crippen molar-refractivity contribution in [2.45, 2.75) is 264 Å². The number of unbranched alkanes of at least 4 members (excludes halogenated alkanes) is 33. The molecule has 9 heteroatoms. The van der Waals surface area contributed by atoms with Crippen molar-refractivity contribution >= 4 is 13.7 Å². The molecule has 0 aromatic carbocycles. The largest absolute Gasteiger partial charge is 0.756 e. The third kappa shape index (κ3) is 48.5. The predicted octanol–water partition coefficient (Wildman–Crippen LogP) is 15.2. The fraction of sp³-hybridized carbons (Fsp3) is 0.870. The fourth-order valence-electron chi connectivity index (χ4n) is 7.96. The molecule has 0 bridgehead atoms. The molecule has 0 saturated carbocycles. The molecule has 0 aromatic rings. The molecule has 0 spiro atoms. The van der Waals surface area contributed by atoms with Crippen LogP contribution in [-0.2, 0) is 18.4 Å². The van der Waals surface area contributed by atoms with Gasteiger partial charge in [0.15, 0.2) is 0 Å². The summed E-state index contributed by atoms with van der Waals surface area (Å²) in [7, 11) is 1.24. The van der Waals surface area contributed by atoms with Gasteiger partial charge >= 0.3 is 0 Å². The second-order valence-electron chi connectivity index (χ2n) is 19.6. The summed E-state index contributed by atoms with van der Waals surface area (Å²) in [6, 6.07) is -0.905. The molecule has 3 atom stereocenters. The second-order valence-corrected chi connectivity index (χ2v) is 21.0. The molecule has 2 N–H and O–H groups in total. The van der Waals surface area contributed by atoms with E-state index in [0.717, 1.165) is 44.9 Å². The predicted molar refractivity (Wildman–Crippen MR) is 270 cm³/mol. The van der Waals surface area contributed by atoms with E-state index >= 15 is 0 Å². The fourth-order valence-corrected chi connectivity index (χ4v) is 8.68. The molecule has 0 radical (unpaired) electrons. The van der Waals surface area contributed by atoms with E-state index in [2.05, 4.69) is 30.5 Å². The first-order valence-corrected chi connectivity index (χ1v) is 28.3. The van der Waals surface area contributed by atoms with E-state index in [0.29, 0.717) is 17.4 Å². The maximum absolute atomic E-state index is 12.9. The van der Waals surface area contributed by atoms with Crippen LogP contribution < -0.4 is 10.2 Å². The zero-order valence-electron chi connectivity index (χ0n) is 42.3. The van der Waals surface area contributed by atoms with Gasteiger partial charge in [-0.1, -0.05) is 242 Å². The van der Waals surface area contributed by atoms with Gasteiger partial charge in [0.05, 0.1) is 39.9 Å². The van der Waals surface area contributed by atoms with Crippen molar-refractivity contribution in [3.8, 4) is 0 Å². The van der Waals surface area contributed by atoms with Crippen molar-refractivity contribution in [2.75, 3.05) is 40.9 Å². The quantitative estimate of drug-likeness (QED) is 0.0272. The first kappa shape index (κ1) is 61.7. The average Bonchev–Trinajstić information content (AvgIpc) is 3.24. The van der Waals surface area contributed by atoms with Crippen molar-refractivity contribution in [2.24, 2.45) is 0 Å². The summed E-state index contributed by atoms with van der Waals surface area (Å²) >= 11 is 0. The molecule has 0 aliphatic heterocycles. The van der Waals surface area contributed by atoms with E-state index in [9.17, 15) is 19.4 Å². The zero-order valence-corrected chi connectivity index (χ0v) is 43.2. The van der Waals surface area contributed by atoms with E-state index in [-0.39, 0.29) is 12.5 Å². The number of aliphatic hydroxyl groups is 1. The Morgan fingerprint density at radius 1 is 0.571 bits per heavy atom. The van der Waals surface area contributed by atoms with Crippen molar-refractivity contribution in [1.29, 1.82) is 0 Å². The van der Waals surface area contributed by atoms with E-state index in [1.807, 2.05) is 40.2 Å². The highest BCUT2D eigenvalue weighted by Gasteiger charge is 2.23. The monoisotopic (exact) mass is 909 g/mol. The number of hydrogen-bond acceptors (Lipinski definition) is 6. The van der Waals surface area contributed by atoms with Gasteiger partial charge in [0.25, 0.3) is 7.82 Å². The van der Waals surface area contributed by atoms with Gasteiger partial charge in [0, 0.05) is 6.42 Å². The Balaban J connectivity index is 3.91. The van der Waals surface area contributed by atoms with Crippen LogP contribution in [0, 0.1) is 0 Å². The number of phosphoric acid groups is 1. The Labute approximate surface area is 391 Å². The number of hydrogen-bond donors (Lipinski definition) is 2. The first-order chi connectivity index (χ1) is 30.5. The minimum absolute atomic E-state index is 0.00821. The molecule has 1 amide bonds. The summed E-state index contributed by atoms with van der Waals surface area (Å²) in [5.74, 6) is -0.211. The summed E-state index contributed by atoms with van der Waals surface area (Å²) in [6.45, 7) is 4.40. The van der Waals surface area contributed by atoms with Crippen LogP contribution in [0.2, 0.25) is 0 Å². The van der Waals surface area contributed by atoms with E-state index in [1.165, 1.54) is 186 Å². The molecule has 0 aliphatic carbocycles. The van der Waals surface area contributed by atoms with E-state index in [4.69, 9.17) is 9.05 Å².